The van der Waals surface area contributed by atoms with Crippen LogP contribution in [0.25, 0.3) is 6.08 Å². The molecule has 2 aromatic carbocycles. The van der Waals surface area contributed by atoms with Crippen LogP contribution >= 0.6 is 0 Å². The minimum absolute atomic E-state index is 0.0144. The minimum Gasteiger partial charge on any atom is -0.480 e. The fraction of sp³-hybridized carbons (Fsp3) is 0.375. The van der Waals surface area contributed by atoms with Crippen LogP contribution in [0.4, 0.5) is 13.2 Å². The van der Waals surface area contributed by atoms with Gasteiger partial charge in [0, 0.05) is 6.54 Å². The highest BCUT2D eigenvalue weighted by Crippen LogP contribution is 2.35. The van der Waals surface area contributed by atoms with Crippen LogP contribution < -0.4 is 4.72 Å². The molecule has 0 aliphatic carbocycles. The number of piperidine rings is 1. The largest absolute Gasteiger partial charge is 0.480 e. The molecule has 1 saturated heterocycles. The molecule has 0 spiro atoms. The van der Waals surface area contributed by atoms with Crippen molar-refractivity contribution in [2.24, 2.45) is 5.92 Å². The summed E-state index contributed by atoms with van der Waals surface area (Å²) in [6, 6.07) is 9.68. The molecule has 0 radical (unpaired) electrons. The average Bonchev–Trinajstić information content (AvgIpc) is 2.83. The van der Waals surface area contributed by atoms with E-state index in [0.29, 0.717) is 32.0 Å². The van der Waals surface area contributed by atoms with Gasteiger partial charge >= 0.3 is 12.1 Å². The number of rotatable bonds is 10. The average molecular weight is 561 g/mol. The first-order chi connectivity index (χ1) is 17.3. The third-order valence-electron chi connectivity index (χ3n) is 5.96. The number of nitrogens with zero attached hydrogens (tertiary/aromatic N) is 1. The Labute approximate surface area is 213 Å². The third kappa shape index (κ3) is 8.12. The van der Waals surface area contributed by atoms with E-state index in [4.69, 9.17) is 5.11 Å². The van der Waals surface area contributed by atoms with Crippen molar-refractivity contribution < 1.29 is 39.9 Å². The normalized spacial score (nSPS) is 16.3. The van der Waals surface area contributed by atoms with E-state index in [0.717, 1.165) is 24.3 Å². The molecule has 0 bridgehead atoms. The van der Waals surface area contributed by atoms with Crippen LogP contribution in [0.2, 0.25) is 0 Å². The zero-order valence-corrected chi connectivity index (χ0v) is 21.3. The summed E-state index contributed by atoms with van der Waals surface area (Å²) in [6.45, 7) is 1.12. The Morgan fingerprint density at radius 1 is 1.03 bits per heavy atom. The maximum Gasteiger partial charge on any atom is 0.416 e. The highest BCUT2D eigenvalue weighted by molar-refractivity contribution is 7.91. The van der Waals surface area contributed by atoms with E-state index in [1.807, 2.05) is 0 Å². The summed E-state index contributed by atoms with van der Waals surface area (Å²) in [5.41, 5.74) is -1.56. The van der Waals surface area contributed by atoms with E-state index < -0.39 is 48.9 Å². The molecule has 202 valence electrons. The predicted molar refractivity (Wildman–Crippen MR) is 131 cm³/mol. The van der Waals surface area contributed by atoms with Gasteiger partial charge in [-0.15, -0.1) is 0 Å². The molecule has 0 amide bonds. The number of carboxylic acids is 1. The second-order valence-corrected chi connectivity index (χ2v) is 12.5. The Morgan fingerprint density at radius 3 is 2.27 bits per heavy atom. The first kappa shape index (κ1) is 28.8. The molecule has 0 saturated carbocycles. The fourth-order valence-corrected chi connectivity index (χ4v) is 6.26. The van der Waals surface area contributed by atoms with Crippen molar-refractivity contribution in [1.29, 1.82) is 0 Å². The second-order valence-electron chi connectivity index (χ2n) is 8.71. The van der Waals surface area contributed by atoms with E-state index >= 15 is 0 Å². The molecule has 37 heavy (non-hydrogen) atoms. The van der Waals surface area contributed by atoms with Crippen molar-refractivity contribution >= 4 is 31.9 Å². The van der Waals surface area contributed by atoms with Crippen LogP contribution in [0.5, 0.6) is 0 Å². The number of alkyl halides is 3. The van der Waals surface area contributed by atoms with Crippen molar-refractivity contribution in [3.8, 4) is 0 Å². The lowest BCUT2D eigenvalue weighted by molar-refractivity contribution is -0.139. The lowest BCUT2D eigenvalue weighted by Crippen LogP contribution is -2.40. The van der Waals surface area contributed by atoms with Crippen molar-refractivity contribution in [1.82, 2.24) is 9.62 Å². The van der Waals surface area contributed by atoms with Gasteiger partial charge in [0.25, 0.3) is 0 Å². The maximum absolute atomic E-state index is 13.5. The highest BCUT2D eigenvalue weighted by Gasteiger charge is 2.33. The smallest absolute Gasteiger partial charge is 0.416 e. The third-order valence-corrected chi connectivity index (χ3v) is 8.97. The molecule has 8 nitrogen and oxygen atoms in total. The number of aliphatic carboxylic acids is 1. The molecular formula is C24H27F3N2O6S2. The van der Waals surface area contributed by atoms with Gasteiger partial charge in [0.15, 0.2) is 0 Å². The number of sulfonamides is 1. The van der Waals surface area contributed by atoms with E-state index in [1.165, 1.54) is 24.3 Å². The van der Waals surface area contributed by atoms with Gasteiger partial charge in [-0.05, 0) is 67.7 Å². The van der Waals surface area contributed by atoms with Crippen LogP contribution in [0.15, 0.2) is 64.4 Å². The number of likely N-dealkylation sites (tertiary alicyclic amines) is 1. The predicted octanol–water partition coefficient (Wildman–Crippen LogP) is 3.27. The van der Waals surface area contributed by atoms with Gasteiger partial charge in [0.05, 0.1) is 27.7 Å². The molecule has 1 aliphatic rings. The monoisotopic (exact) mass is 560 g/mol. The van der Waals surface area contributed by atoms with E-state index in [1.54, 1.807) is 11.0 Å². The van der Waals surface area contributed by atoms with Crippen LogP contribution in [-0.2, 0) is 30.8 Å². The summed E-state index contributed by atoms with van der Waals surface area (Å²) < 4.78 is 93.5. The first-order valence-corrected chi connectivity index (χ1v) is 14.5. The van der Waals surface area contributed by atoms with Gasteiger partial charge in [-0.3, -0.25) is 9.69 Å². The number of benzene rings is 2. The number of hydrogen-bond donors (Lipinski definition) is 2. The molecule has 13 heteroatoms. The number of nitrogens with one attached hydrogen (secondary N) is 1. The summed E-state index contributed by atoms with van der Waals surface area (Å²) in [7, 11) is -7.93. The zero-order valence-electron chi connectivity index (χ0n) is 19.7. The molecule has 3 rings (SSSR count). The first-order valence-electron chi connectivity index (χ1n) is 11.4. The summed E-state index contributed by atoms with van der Waals surface area (Å²) in [5.74, 6) is -1.51. The number of sulfone groups is 1. The summed E-state index contributed by atoms with van der Waals surface area (Å²) >= 11 is 0. The van der Waals surface area contributed by atoms with Crippen molar-refractivity contribution in [3.63, 3.8) is 0 Å². The number of hydrogen-bond acceptors (Lipinski definition) is 6. The Bertz CT molecular complexity index is 1340. The SMILES string of the molecule is O=C(O)CN1CCC(CNS(=O)(=O)CC=Cc2cc(S(=O)(=O)c3ccccc3)ccc2C(F)(F)F)CC1. The highest BCUT2D eigenvalue weighted by atomic mass is 32.2. The Balaban J connectivity index is 1.70. The minimum atomic E-state index is -4.78. The lowest BCUT2D eigenvalue weighted by atomic mass is 9.97. The summed E-state index contributed by atoms with van der Waals surface area (Å²) in [6.07, 6.45) is -1.55. The van der Waals surface area contributed by atoms with E-state index in [9.17, 15) is 34.8 Å². The van der Waals surface area contributed by atoms with E-state index in [2.05, 4.69) is 4.72 Å². The molecule has 0 atom stereocenters. The molecule has 1 aliphatic heterocycles. The summed E-state index contributed by atoms with van der Waals surface area (Å²) in [5, 5.41) is 8.84. The van der Waals surface area contributed by atoms with Gasteiger partial charge in [-0.25, -0.2) is 21.6 Å². The van der Waals surface area contributed by atoms with Crippen LogP contribution in [0.3, 0.4) is 0 Å². The van der Waals surface area contributed by atoms with Crippen LogP contribution in [0.1, 0.15) is 24.0 Å². The quantitative estimate of drug-likeness (QED) is 0.458. The van der Waals surface area contributed by atoms with Crippen molar-refractivity contribution in [3.05, 3.63) is 65.7 Å². The molecule has 2 N–H and O–H groups in total. The van der Waals surface area contributed by atoms with Gasteiger partial charge in [-0.1, -0.05) is 30.4 Å². The van der Waals surface area contributed by atoms with Crippen LogP contribution in [0, 0.1) is 5.92 Å². The van der Waals surface area contributed by atoms with Gasteiger partial charge in [0.2, 0.25) is 19.9 Å². The van der Waals surface area contributed by atoms with Crippen molar-refractivity contribution in [2.45, 2.75) is 28.8 Å². The van der Waals surface area contributed by atoms with Crippen LogP contribution in [-0.4, -0.2) is 64.7 Å². The Morgan fingerprint density at radius 2 is 1.68 bits per heavy atom. The topological polar surface area (TPSA) is 121 Å². The fourth-order valence-electron chi connectivity index (χ4n) is 3.99. The van der Waals surface area contributed by atoms with Crippen molar-refractivity contribution in [2.75, 3.05) is 31.9 Å². The maximum atomic E-state index is 13.5. The standard InChI is InChI=1S/C24H27F3N2O6S2/c25-24(26,27)22-9-8-21(37(34,35)20-6-2-1-3-7-20)15-19(22)5-4-14-36(32,33)28-16-18-10-12-29(13-11-18)17-23(30)31/h1-9,15,18,28H,10-14,16-17H2,(H,30,31). The van der Waals surface area contributed by atoms with Gasteiger partial charge in [0.1, 0.15) is 0 Å². The second kappa shape index (κ2) is 11.8. The number of halogens is 3. The molecular weight excluding hydrogens is 533 g/mol. The zero-order chi connectivity index (χ0) is 27.3. The Kier molecular flexibility index (Phi) is 9.16. The van der Waals surface area contributed by atoms with E-state index in [-0.39, 0.29) is 28.8 Å². The summed E-state index contributed by atoms with van der Waals surface area (Å²) in [4.78, 5) is 12.1. The van der Waals surface area contributed by atoms with Gasteiger partial charge in [-0.2, -0.15) is 13.2 Å². The molecule has 2 aromatic rings. The molecule has 0 aromatic heterocycles. The molecule has 1 heterocycles. The molecule has 1 fully saturated rings. The Hall–Kier alpha value is -2.74. The molecule has 0 unspecified atom stereocenters. The number of carbonyl (C=O) groups is 1. The van der Waals surface area contributed by atoms with Gasteiger partial charge < -0.3 is 5.11 Å². The lowest BCUT2D eigenvalue weighted by Gasteiger charge is -2.30. The number of carboxylic acid groups (broad SMARTS) is 1.